The van der Waals surface area contributed by atoms with Crippen molar-refractivity contribution in [2.24, 2.45) is 0 Å². The minimum absolute atomic E-state index is 0.0391. The molecule has 0 N–H and O–H groups in total. The topological polar surface area (TPSA) is 0 Å². The van der Waals surface area contributed by atoms with Crippen LogP contribution in [0, 0.1) is 0 Å². The van der Waals surface area contributed by atoms with Crippen LogP contribution in [0.2, 0.25) is 0 Å². The van der Waals surface area contributed by atoms with Crippen LogP contribution in [0.3, 0.4) is 0 Å². The molecule has 49 heavy (non-hydrogen) atoms. The van der Waals surface area contributed by atoms with Crippen molar-refractivity contribution < 1.29 is 22.4 Å². The fourth-order valence-corrected chi connectivity index (χ4v) is 23.0. The first-order valence-electron chi connectivity index (χ1n) is 17.9. The van der Waals surface area contributed by atoms with E-state index in [1.165, 1.54) is 49.7 Å². The van der Waals surface area contributed by atoms with E-state index in [1.54, 1.807) is 27.1 Å². The van der Waals surface area contributed by atoms with Crippen LogP contribution in [-0.4, -0.2) is 5.92 Å². The van der Waals surface area contributed by atoms with Gasteiger partial charge in [-0.15, -0.1) is 0 Å². The normalized spacial score (nSPS) is 16.8. The average molecular weight is 730 g/mol. The monoisotopic (exact) mass is 728 g/mol. The van der Waals surface area contributed by atoms with Crippen molar-refractivity contribution in [3.63, 3.8) is 0 Å². The zero-order valence-corrected chi connectivity index (χ0v) is 33.5. The second kappa shape index (κ2) is 12.3. The van der Waals surface area contributed by atoms with Crippen molar-refractivity contribution in [2.45, 2.75) is 68.8 Å². The molecule has 0 saturated heterocycles. The van der Waals surface area contributed by atoms with Gasteiger partial charge in [-0.2, -0.15) is 0 Å². The molecule has 2 aliphatic carbocycles. The number of allylic oxidation sites excluding steroid dienone is 1. The predicted molar refractivity (Wildman–Crippen MR) is 210 cm³/mol. The molecule has 2 aliphatic rings. The fourth-order valence-electron chi connectivity index (χ4n) is 8.27. The number of fused-ring (bicyclic) bond motifs is 6. The number of rotatable bonds is 5. The first-order chi connectivity index (χ1) is 23.5. The van der Waals surface area contributed by atoms with Gasteiger partial charge in [0.2, 0.25) is 0 Å². The van der Waals surface area contributed by atoms with E-state index in [4.69, 9.17) is 0 Å². The molecule has 242 valence electrons. The Balaban J connectivity index is 1.40. The van der Waals surface area contributed by atoms with E-state index < -0.39 is 28.3 Å². The minimum atomic E-state index is -1.43. The summed E-state index contributed by atoms with van der Waals surface area (Å²) in [5, 5.41) is 5.90. The predicted octanol–water partition coefficient (Wildman–Crippen LogP) is 10.7. The van der Waals surface area contributed by atoms with E-state index >= 15 is 0 Å². The Bertz CT molecular complexity index is 2190. The first-order valence-corrected chi connectivity index (χ1v) is 25.3. The van der Waals surface area contributed by atoms with E-state index in [0.29, 0.717) is 3.63 Å². The average Bonchev–Trinajstić information content (AvgIpc) is 3.60. The molecule has 0 saturated carbocycles. The Labute approximate surface area is 305 Å². The molecule has 6 aromatic carbocycles. The second-order valence-electron chi connectivity index (χ2n) is 16.3. The van der Waals surface area contributed by atoms with Gasteiger partial charge < -0.3 is 0 Å². The van der Waals surface area contributed by atoms with Crippen LogP contribution in [-0.2, 0) is 33.2 Å². The third-order valence-corrected chi connectivity index (χ3v) is 25.0. The maximum atomic E-state index is 2.63. The van der Waals surface area contributed by atoms with Crippen molar-refractivity contribution in [3.8, 4) is 11.1 Å². The summed E-state index contributed by atoms with van der Waals surface area (Å²) < 4.78 is 0.501. The van der Waals surface area contributed by atoms with Gasteiger partial charge in [0.15, 0.2) is 0 Å². The van der Waals surface area contributed by atoms with E-state index in [-0.39, 0.29) is 16.7 Å². The third kappa shape index (κ3) is 5.80. The molecule has 0 nitrogen and oxygen atoms in total. The number of hydrogen-bond acceptors (Lipinski definition) is 0. The molecule has 0 radical (unpaired) electrons. The second-order valence-corrected chi connectivity index (χ2v) is 27.0. The van der Waals surface area contributed by atoms with E-state index in [0.717, 1.165) is 0 Å². The van der Waals surface area contributed by atoms with Crippen LogP contribution in [0.15, 0.2) is 133 Å². The van der Waals surface area contributed by atoms with Crippen LogP contribution in [0.5, 0.6) is 0 Å². The van der Waals surface area contributed by atoms with Gasteiger partial charge in [-0.05, 0) is 0 Å². The summed E-state index contributed by atoms with van der Waals surface area (Å²) in [7, 11) is 0. The Kier molecular flexibility index (Phi) is 8.21. The molecule has 0 bridgehead atoms. The fraction of sp³-hybridized carbons (Fsp3) is 0.234. The standard InChI is InChI=1S/C35H35.C12H11Si.Zr/c1-21-16-29-26-11-9-8-10-22(26)13-15-27(29)33(21)32-20-25(35(5,6)7)19-31-28-18-24(34(2,3)4)14-12-23(28)17-30(31)32;1-3-7-11(8-4-1)13-12-9-5-2-6-10-12;/h8-20,33H,1-7H3;1-10,13H;. The molecule has 2 unspecified atom stereocenters. The summed E-state index contributed by atoms with van der Waals surface area (Å²) in [5.41, 5.74) is 15.1. The maximum absolute atomic E-state index is 2.63. The summed E-state index contributed by atoms with van der Waals surface area (Å²) in [5.74, 6) is -1.16. The van der Waals surface area contributed by atoms with Gasteiger partial charge in [0.1, 0.15) is 0 Å². The van der Waals surface area contributed by atoms with Crippen LogP contribution in [0.4, 0.5) is 0 Å². The molecule has 6 aromatic rings. The third-order valence-electron chi connectivity index (χ3n) is 10.9. The van der Waals surface area contributed by atoms with Crippen LogP contribution in [0.25, 0.3) is 28.0 Å². The summed E-state index contributed by atoms with van der Waals surface area (Å²) in [6.07, 6.45) is 2.50. The van der Waals surface area contributed by atoms with Gasteiger partial charge in [0.25, 0.3) is 0 Å². The van der Waals surface area contributed by atoms with Crippen molar-refractivity contribution in [2.75, 3.05) is 0 Å². The molecule has 2 heteroatoms. The Morgan fingerprint density at radius 1 is 0.551 bits per heavy atom. The van der Waals surface area contributed by atoms with Gasteiger partial charge in [0.05, 0.1) is 0 Å². The zero-order valence-electron chi connectivity index (χ0n) is 29.9. The number of hydrogen-bond donors (Lipinski definition) is 0. The molecule has 0 fully saturated rings. The summed E-state index contributed by atoms with van der Waals surface area (Å²) in [6, 6.07) is 49.7. The van der Waals surface area contributed by atoms with Gasteiger partial charge in [-0.3, -0.25) is 0 Å². The molecule has 0 amide bonds. The molecule has 0 aliphatic heterocycles. The Hall–Kier alpha value is -3.58. The summed E-state index contributed by atoms with van der Waals surface area (Å²) >= 11 is -1.07. The van der Waals surface area contributed by atoms with Gasteiger partial charge in [0, 0.05) is 0 Å². The molecule has 0 spiro atoms. The van der Waals surface area contributed by atoms with E-state index in [2.05, 4.69) is 182 Å². The molecule has 0 heterocycles. The molecule has 0 aromatic heterocycles. The van der Waals surface area contributed by atoms with Crippen LogP contribution < -0.4 is 10.4 Å². The van der Waals surface area contributed by atoms with Crippen molar-refractivity contribution in [3.05, 3.63) is 172 Å². The first kappa shape index (κ1) is 32.6. The Morgan fingerprint density at radius 2 is 1.14 bits per heavy atom. The molecule has 2 atom stereocenters. The van der Waals surface area contributed by atoms with Crippen molar-refractivity contribution >= 4 is 33.1 Å². The van der Waals surface area contributed by atoms with Crippen LogP contribution in [0.1, 0.15) is 97.0 Å². The number of benzene rings is 6. The van der Waals surface area contributed by atoms with Crippen molar-refractivity contribution in [1.29, 1.82) is 0 Å². The Morgan fingerprint density at radius 3 is 1.80 bits per heavy atom. The van der Waals surface area contributed by atoms with E-state index in [9.17, 15) is 0 Å². The van der Waals surface area contributed by atoms with Gasteiger partial charge in [-0.1, -0.05) is 0 Å². The summed E-state index contributed by atoms with van der Waals surface area (Å²) in [6.45, 7) is 16.6. The SMILES string of the molecule is CC1=Cc2c(ccc3ccccc23)C1c1cc(C(C)(C)C)cc2c1[CH]([Zr][SiH](c1ccccc1)c1ccccc1)c1ccc(C(C)(C)C)cc1-2. The van der Waals surface area contributed by atoms with E-state index in [1.807, 2.05) is 0 Å². The molecule has 8 rings (SSSR count). The van der Waals surface area contributed by atoms with Gasteiger partial charge in [-0.25, -0.2) is 0 Å². The van der Waals surface area contributed by atoms with Crippen molar-refractivity contribution in [1.82, 2.24) is 0 Å². The van der Waals surface area contributed by atoms with Crippen LogP contribution >= 0.6 is 0 Å². The van der Waals surface area contributed by atoms with Gasteiger partial charge >= 0.3 is 307 Å². The molecular formula is C47H46SiZr. The zero-order chi connectivity index (χ0) is 34.1. The molecular weight excluding hydrogens is 684 g/mol. The summed E-state index contributed by atoms with van der Waals surface area (Å²) in [4.78, 5) is 0. The quantitative estimate of drug-likeness (QED) is 0.155.